The molecule has 0 saturated heterocycles. The molecule has 0 spiro atoms. The van der Waals surface area contributed by atoms with Gasteiger partial charge in [-0.3, -0.25) is 0 Å². The Bertz CT molecular complexity index is 897. The molecule has 0 bridgehead atoms. The number of hydrogen-bond donors (Lipinski definition) is 0. The van der Waals surface area contributed by atoms with Crippen LogP contribution in [0.5, 0.6) is 0 Å². The Balaban J connectivity index is 3.04. The van der Waals surface area contributed by atoms with Crippen LogP contribution in [0.25, 0.3) is 32.0 Å². The highest BCUT2D eigenvalue weighted by atomic mass is 19.2. The van der Waals surface area contributed by atoms with E-state index < -0.39 is 69.0 Å². The third-order valence-electron chi connectivity index (χ3n) is 3.02. The van der Waals surface area contributed by atoms with Crippen molar-refractivity contribution in [2.45, 2.75) is 0 Å². The molecule has 0 radical (unpaired) electrons. The third kappa shape index (κ3) is 2.62. The zero-order chi connectivity index (χ0) is 19.8. The van der Waals surface area contributed by atoms with Crippen molar-refractivity contribution in [1.82, 2.24) is 0 Å². The molecule has 26 heavy (non-hydrogen) atoms. The quantitative estimate of drug-likeness (QED) is 0.195. The van der Waals surface area contributed by atoms with Crippen LogP contribution in [0.1, 0.15) is 0 Å². The normalized spacial score (nSPS) is 10.3. The summed E-state index contributed by atoms with van der Waals surface area (Å²) in [6, 6.07) is 0. The van der Waals surface area contributed by atoms with Gasteiger partial charge in [-0.15, -0.1) is 0 Å². The summed E-state index contributed by atoms with van der Waals surface area (Å²) >= 11 is 0. The van der Waals surface area contributed by atoms with Gasteiger partial charge in [-0.2, -0.15) is 0 Å². The second kappa shape index (κ2) is 6.78. The van der Waals surface area contributed by atoms with Crippen LogP contribution in [-0.4, -0.2) is 0 Å². The van der Waals surface area contributed by atoms with Crippen LogP contribution in [0.3, 0.4) is 0 Å². The van der Waals surface area contributed by atoms with Crippen molar-refractivity contribution in [3.8, 4) is 11.1 Å². The molecule has 6 nitrogen and oxygen atoms in total. The Kier molecular flexibility index (Phi) is 4.91. The number of hydrogen-bond acceptors (Lipinski definition) is 2. The van der Waals surface area contributed by atoms with E-state index in [1.807, 2.05) is 9.82 Å². The lowest BCUT2D eigenvalue weighted by molar-refractivity contribution is 0.445. The summed E-state index contributed by atoms with van der Waals surface area (Å²) in [7, 11) is 0. The van der Waals surface area contributed by atoms with Crippen LogP contribution in [0.2, 0.25) is 0 Å². The first-order valence-electron chi connectivity index (χ1n) is 6.01. The molecule has 0 N–H and O–H groups in total. The molecule has 2 rings (SSSR count). The molecule has 14 heteroatoms. The molecule has 2 aromatic carbocycles. The molecule has 0 aromatic heterocycles. The van der Waals surface area contributed by atoms with Crippen LogP contribution in [-0.2, 0) is 0 Å². The van der Waals surface area contributed by atoms with Gasteiger partial charge in [0.25, 0.3) is 0 Å². The number of rotatable bonds is 3. The van der Waals surface area contributed by atoms with Crippen molar-refractivity contribution in [3.63, 3.8) is 0 Å². The second-order valence-corrected chi connectivity index (χ2v) is 4.34. The molecule has 0 amide bonds. The molecule has 0 heterocycles. The maximum absolute atomic E-state index is 14.0. The summed E-state index contributed by atoms with van der Waals surface area (Å²) in [5.41, 5.74) is 8.30. The highest BCUT2D eigenvalue weighted by Gasteiger charge is 2.33. The van der Waals surface area contributed by atoms with Crippen molar-refractivity contribution in [3.05, 3.63) is 67.4 Å². The zero-order valence-electron chi connectivity index (χ0n) is 11.7. The van der Waals surface area contributed by atoms with E-state index >= 15 is 0 Å². The van der Waals surface area contributed by atoms with Gasteiger partial charge >= 0.3 is 0 Å². The summed E-state index contributed by atoms with van der Waals surface area (Å²) < 4.78 is 111. The van der Waals surface area contributed by atoms with Crippen molar-refractivity contribution < 1.29 is 35.1 Å². The smallest absolute Gasteiger partial charge is 0.172 e. The van der Waals surface area contributed by atoms with Crippen molar-refractivity contribution in [2.24, 2.45) is 10.2 Å². The summed E-state index contributed by atoms with van der Waals surface area (Å²) in [6.45, 7) is 0. The van der Waals surface area contributed by atoms with Crippen LogP contribution >= 0.6 is 0 Å². The van der Waals surface area contributed by atoms with Crippen LogP contribution in [0.4, 0.5) is 46.5 Å². The molecule has 0 unspecified atom stereocenters. The van der Waals surface area contributed by atoms with Gasteiger partial charge < -0.3 is 0 Å². The first-order chi connectivity index (χ1) is 12.2. The van der Waals surface area contributed by atoms with Gasteiger partial charge in [-0.1, -0.05) is 10.2 Å². The monoisotopic (exact) mass is 380 g/mol. The van der Waals surface area contributed by atoms with Gasteiger partial charge in [-0.25, -0.2) is 35.1 Å². The van der Waals surface area contributed by atoms with Crippen LogP contribution in [0, 0.1) is 46.5 Å². The third-order valence-corrected chi connectivity index (χ3v) is 3.02. The molecule has 0 aliphatic heterocycles. The minimum atomic E-state index is -2.49. The number of nitrogens with zero attached hydrogens (tertiary/aromatic N) is 6. The summed E-state index contributed by atoms with van der Waals surface area (Å²) in [6.07, 6.45) is 0. The van der Waals surface area contributed by atoms with Gasteiger partial charge in [0.2, 0.25) is 0 Å². The van der Waals surface area contributed by atoms with Gasteiger partial charge in [0.05, 0.1) is 11.1 Å². The van der Waals surface area contributed by atoms with Crippen molar-refractivity contribution in [1.29, 1.82) is 0 Å². The Hall–Kier alpha value is -3.50. The molecule has 0 fully saturated rings. The minimum Gasteiger partial charge on any atom is -0.203 e. The average molecular weight is 380 g/mol. The maximum Gasteiger partial charge on any atom is 0.172 e. The lowest BCUT2D eigenvalue weighted by Gasteiger charge is -2.13. The first kappa shape index (κ1) is 18.8. The summed E-state index contributed by atoms with van der Waals surface area (Å²) in [5, 5.41) is 4.68. The molecule has 134 valence electrons. The van der Waals surface area contributed by atoms with E-state index in [4.69, 9.17) is 11.1 Å². The van der Waals surface area contributed by atoms with Gasteiger partial charge in [0, 0.05) is 9.82 Å². The number of halogens is 8. The first-order valence-corrected chi connectivity index (χ1v) is 6.01. The molecular weight excluding hydrogens is 380 g/mol. The molecule has 0 aliphatic carbocycles. The highest BCUT2D eigenvalue weighted by molar-refractivity contribution is 5.71. The van der Waals surface area contributed by atoms with Crippen LogP contribution in [0.15, 0.2) is 10.2 Å². The summed E-state index contributed by atoms with van der Waals surface area (Å²) in [4.78, 5) is 3.81. The van der Waals surface area contributed by atoms with E-state index in [2.05, 4.69) is 10.2 Å². The number of benzene rings is 2. The predicted molar refractivity (Wildman–Crippen MR) is 69.2 cm³/mol. The van der Waals surface area contributed by atoms with E-state index in [9.17, 15) is 35.1 Å². The van der Waals surface area contributed by atoms with E-state index in [-0.39, 0.29) is 0 Å². The lowest BCUT2D eigenvalue weighted by Crippen LogP contribution is -2.06. The molecule has 0 aliphatic rings. The van der Waals surface area contributed by atoms with Gasteiger partial charge in [0.15, 0.2) is 46.5 Å². The Labute approximate surface area is 136 Å². The van der Waals surface area contributed by atoms with Gasteiger partial charge in [-0.05, 0) is 11.1 Å². The van der Waals surface area contributed by atoms with Crippen LogP contribution < -0.4 is 0 Å². The minimum absolute atomic E-state index is 1.81. The SMILES string of the molecule is [N-]=[N+]=Nc1c(F)c(F)c(-c2c(F)c(F)c(N=[N+]=[N-])c(F)c2F)c(F)c1F. The Morgan fingerprint density at radius 2 is 0.692 bits per heavy atom. The Morgan fingerprint density at radius 1 is 0.462 bits per heavy atom. The topological polar surface area (TPSA) is 97.5 Å². The zero-order valence-corrected chi connectivity index (χ0v) is 11.7. The second-order valence-electron chi connectivity index (χ2n) is 4.34. The fraction of sp³-hybridized carbons (Fsp3) is 0. The fourth-order valence-electron chi connectivity index (χ4n) is 1.94. The Morgan fingerprint density at radius 3 is 0.885 bits per heavy atom. The molecule has 2 aromatic rings. The molecule has 0 saturated carbocycles. The van der Waals surface area contributed by atoms with E-state index in [1.54, 1.807) is 0 Å². The van der Waals surface area contributed by atoms with Gasteiger partial charge in [0.1, 0.15) is 11.4 Å². The average Bonchev–Trinajstić information content (AvgIpc) is 2.62. The molecule has 0 atom stereocenters. The largest absolute Gasteiger partial charge is 0.203 e. The summed E-state index contributed by atoms with van der Waals surface area (Å²) in [5.74, 6) is -19.4. The van der Waals surface area contributed by atoms with E-state index in [0.717, 1.165) is 0 Å². The van der Waals surface area contributed by atoms with E-state index in [1.165, 1.54) is 0 Å². The predicted octanol–water partition coefficient (Wildman–Crippen LogP) is 6.35. The number of azide groups is 2. The fourth-order valence-corrected chi connectivity index (χ4v) is 1.94. The van der Waals surface area contributed by atoms with E-state index in [0.29, 0.717) is 0 Å². The maximum atomic E-state index is 14.0. The highest BCUT2D eigenvalue weighted by Crippen LogP contribution is 2.41. The standard InChI is InChI=1S/C12F8N6/c13-3-1(4(14)8(18)11(7(3)17)23-25-21)2-5(15)9(19)12(24-26-22)10(20)6(2)16. The van der Waals surface area contributed by atoms with Crippen molar-refractivity contribution in [2.75, 3.05) is 0 Å². The lowest BCUT2D eigenvalue weighted by atomic mass is 10.0. The van der Waals surface area contributed by atoms with Crippen molar-refractivity contribution >= 4 is 11.4 Å². The molecular formula is C12F8N6.